The number of hydrogen-bond donors (Lipinski definition) is 2. The molecule has 4 rings (SSSR count). The molecule has 0 saturated heterocycles. The monoisotopic (exact) mass is 416 g/mol. The topological polar surface area (TPSA) is 132 Å². The highest BCUT2D eigenvalue weighted by Gasteiger charge is 2.26. The molecular formula is C21H16N6O4. The Kier molecular flexibility index (Phi) is 5.61. The lowest BCUT2D eigenvalue weighted by molar-refractivity contribution is -0.385. The summed E-state index contributed by atoms with van der Waals surface area (Å²) >= 11 is 0. The number of rotatable bonds is 7. The van der Waals surface area contributed by atoms with Gasteiger partial charge in [0.1, 0.15) is 11.8 Å². The number of nitrogens with one attached hydrogen (secondary N) is 2. The van der Waals surface area contributed by atoms with Gasteiger partial charge in [0.2, 0.25) is 11.7 Å². The van der Waals surface area contributed by atoms with Gasteiger partial charge in [0.25, 0.3) is 0 Å². The average molecular weight is 416 g/mol. The third-order valence-corrected chi connectivity index (χ3v) is 4.30. The number of anilines is 1. The van der Waals surface area contributed by atoms with Crippen molar-refractivity contribution in [3.63, 3.8) is 0 Å². The van der Waals surface area contributed by atoms with Crippen molar-refractivity contribution in [1.82, 2.24) is 20.4 Å². The fourth-order valence-electron chi connectivity index (χ4n) is 2.91. The number of aromatic nitrogens is 3. The summed E-state index contributed by atoms with van der Waals surface area (Å²) in [5, 5.41) is 12.5. The quantitative estimate of drug-likeness (QED) is 0.346. The summed E-state index contributed by atoms with van der Waals surface area (Å²) in [6.07, 6.45) is 2.79. The van der Waals surface area contributed by atoms with Gasteiger partial charge in [0.15, 0.2) is 5.75 Å². The lowest BCUT2D eigenvalue weighted by Crippen LogP contribution is -2.31. The highest BCUT2D eigenvalue weighted by molar-refractivity contribution is 5.84. The maximum absolute atomic E-state index is 12.2. The largest absolute Gasteiger partial charge is 0.431 e. The maximum atomic E-state index is 12.2. The zero-order valence-electron chi connectivity index (χ0n) is 16.1. The van der Waals surface area contributed by atoms with Gasteiger partial charge in [-0.2, -0.15) is 4.98 Å². The number of nitro groups is 1. The van der Waals surface area contributed by atoms with Crippen molar-refractivity contribution in [2.75, 3.05) is 5.43 Å². The lowest BCUT2D eigenvalue weighted by Gasteiger charge is -2.11. The molecular weight excluding hydrogens is 400 g/mol. The van der Waals surface area contributed by atoms with E-state index in [1.807, 2.05) is 30.3 Å². The van der Waals surface area contributed by atoms with Crippen LogP contribution in [-0.2, 0) is 11.2 Å². The number of fused-ring (bicyclic) bond motifs is 1. The lowest BCUT2D eigenvalue weighted by atomic mass is 10.1. The van der Waals surface area contributed by atoms with E-state index in [1.54, 1.807) is 36.5 Å². The van der Waals surface area contributed by atoms with Crippen molar-refractivity contribution in [3.05, 3.63) is 88.9 Å². The number of hydrogen-bond acceptors (Lipinski definition) is 8. The van der Waals surface area contributed by atoms with E-state index in [0.717, 1.165) is 17.3 Å². The number of pyridine rings is 1. The van der Waals surface area contributed by atoms with E-state index in [4.69, 9.17) is 4.74 Å². The van der Waals surface area contributed by atoms with E-state index in [2.05, 4.69) is 25.8 Å². The summed E-state index contributed by atoms with van der Waals surface area (Å²) in [4.78, 5) is 35.2. The summed E-state index contributed by atoms with van der Waals surface area (Å²) < 4.78 is 5.72. The van der Waals surface area contributed by atoms with Gasteiger partial charge >= 0.3 is 11.6 Å². The SMILES string of the molecule is O=C(Cc1ccccc1)NNc1ncnc(Oc2cccc3cccnc23)c1[N+](=O)[O-]. The average Bonchev–Trinajstić information content (AvgIpc) is 2.78. The molecule has 2 aromatic heterocycles. The zero-order valence-corrected chi connectivity index (χ0v) is 16.1. The maximum Gasteiger partial charge on any atom is 0.374 e. The second-order valence-corrected chi connectivity index (χ2v) is 6.40. The molecule has 0 bridgehead atoms. The van der Waals surface area contributed by atoms with Crippen molar-refractivity contribution in [3.8, 4) is 11.6 Å². The predicted octanol–water partition coefficient (Wildman–Crippen LogP) is 3.41. The molecule has 0 unspecified atom stereocenters. The van der Waals surface area contributed by atoms with Gasteiger partial charge < -0.3 is 4.74 Å². The number of carbonyl (C=O) groups is 1. The molecule has 4 aromatic rings. The van der Waals surface area contributed by atoms with Gasteiger partial charge in [-0.25, -0.2) is 4.98 Å². The van der Waals surface area contributed by atoms with Crippen molar-refractivity contribution in [2.24, 2.45) is 0 Å². The van der Waals surface area contributed by atoms with E-state index < -0.39 is 10.6 Å². The van der Waals surface area contributed by atoms with Gasteiger partial charge in [0.05, 0.1) is 11.3 Å². The van der Waals surface area contributed by atoms with Crippen molar-refractivity contribution >= 4 is 28.3 Å². The normalized spacial score (nSPS) is 10.5. The number of nitrogens with zero attached hydrogens (tertiary/aromatic N) is 4. The van der Waals surface area contributed by atoms with Gasteiger partial charge in [-0.3, -0.25) is 30.7 Å². The summed E-state index contributed by atoms with van der Waals surface area (Å²) in [5.74, 6) is -0.568. The summed E-state index contributed by atoms with van der Waals surface area (Å²) in [7, 11) is 0. The molecule has 2 aromatic carbocycles. The zero-order chi connectivity index (χ0) is 21.6. The first-order chi connectivity index (χ1) is 15.1. The van der Waals surface area contributed by atoms with Crippen LogP contribution in [-0.4, -0.2) is 25.8 Å². The minimum Gasteiger partial charge on any atom is -0.431 e. The van der Waals surface area contributed by atoms with Crippen LogP contribution in [0.3, 0.4) is 0 Å². The molecule has 0 aliphatic rings. The summed E-state index contributed by atoms with van der Waals surface area (Å²) in [6, 6.07) is 17.9. The van der Waals surface area contributed by atoms with Gasteiger partial charge in [-0.05, 0) is 17.7 Å². The highest BCUT2D eigenvalue weighted by Crippen LogP contribution is 2.35. The molecule has 0 radical (unpaired) electrons. The number of hydrazine groups is 1. The first kappa shape index (κ1) is 19.7. The standard InChI is InChI=1S/C21H16N6O4/c28-17(12-14-6-2-1-3-7-14)25-26-20-19(27(29)30)21(24-13-23-20)31-16-10-4-8-15-9-5-11-22-18(15)16/h1-11,13H,12H2,(H,25,28)(H,23,24,26). The number of amides is 1. The Hall–Kier alpha value is -4.60. The third-order valence-electron chi connectivity index (χ3n) is 4.30. The van der Waals surface area contributed by atoms with Crippen molar-refractivity contribution < 1.29 is 14.5 Å². The smallest absolute Gasteiger partial charge is 0.374 e. The van der Waals surface area contributed by atoms with E-state index in [-0.39, 0.29) is 24.0 Å². The second-order valence-electron chi connectivity index (χ2n) is 6.40. The molecule has 10 nitrogen and oxygen atoms in total. The molecule has 0 aliphatic carbocycles. The van der Waals surface area contributed by atoms with Crippen LogP contribution in [0.5, 0.6) is 11.6 Å². The van der Waals surface area contributed by atoms with Crippen LogP contribution in [0.4, 0.5) is 11.5 Å². The minimum atomic E-state index is -0.681. The van der Waals surface area contributed by atoms with Crippen molar-refractivity contribution in [2.45, 2.75) is 6.42 Å². The summed E-state index contributed by atoms with van der Waals surface area (Å²) in [6.45, 7) is 0. The van der Waals surface area contributed by atoms with Gasteiger partial charge in [-0.1, -0.05) is 48.5 Å². The van der Waals surface area contributed by atoms with Gasteiger partial charge in [0, 0.05) is 11.6 Å². The molecule has 154 valence electrons. The molecule has 0 spiro atoms. The Morgan fingerprint density at radius 3 is 2.61 bits per heavy atom. The van der Waals surface area contributed by atoms with Crippen LogP contribution in [0.1, 0.15) is 5.56 Å². The minimum absolute atomic E-state index is 0.0950. The molecule has 0 fully saturated rings. The molecule has 0 aliphatic heterocycles. The number of para-hydroxylation sites is 1. The fourth-order valence-corrected chi connectivity index (χ4v) is 2.91. The van der Waals surface area contributed by atoms with E-state index in [9.17, 15) is 14.9 Å². The van der Waals surface area contributed by atoms with Crippen molar-refractivity contribution in [1.29, 1.82) is 0 Å². The fraction of sp³-hybridized carbons (Fsp3) is 0.0476. The molecule has 31 heavy (non-hydrogen) atoms. The third kappa shape index (κ3) is 4.53. The van der Waals surface area contributed by atoms with E-state index >= 15 is 0 Å². The van der Waals surface area contributed by atoms with Crippen LogP contribution in [0, 0.1) is 10.1 Å². The summed E-state index contributed by atoms with van der Waals surface area (Å²) in [5.41, 5.74) is 5.71. The molecule has 2 heterocycles. The Morgan fingerprint density at radius 1 is 1.00 bits per heavy atom. The highest BCUT2D eigenvalue weighted by atomic mass is 16.6. The first-order valence-electron chi connectivity index (χ1n) is 9.21. The number of carbonyl (C=O) groups excluding carboxylic acids is 1. The Labute approximate surface area is 176 Å². The van der Waals surface area contributed by atoms with Crippen LogP contribution < -0.4 is 15.6 Å². The molecule has 1 amide bonds. The Morgan fingerprint density at radius 2 is 1.81 bits per heavy atom. The molecule has 10 heteroatoms. The number of benzene rings is 2. The van der Waals surface area contributed by atoms with E-state index in [0.29, 0.717) is 11.3 Å². The van der Waals surface area contributed by atoms with Crippen LogP contribution in [0.25, 0.3) is 10.9 Å². The Balaban J connectivity index is 1.56. The first-order valence-corrected chi connectivity index (χ1v) is 9.21. The van der Waals surface area contributed by atoms with Crippen LogP contribution in [0.2, 0.25) is 0 Å². The van der Waals surface area contributed by atoms with Gasteiger partial charge in [-0.15, -0.1) is 0 Å². The molecule has 2 N–H and O–H groups in total. The predicted molar refractivity (Wildman–Crippen MR) is 112 cm³/mol. The van der Waals surface area contributed by atoms with Crippen LogP contribution >= 0.6 is 0 Å². The molecule has 0 saturated carbocycles. The van der Waals surface area contributed by atoms with Crippen LogP contribution in [0.15, 0.2) is 73.2 Å². The number of ether oxygens (including phenoxy) is 1. The molecule has 0 atom stereocenters. The Bertz CT molecular complexity index is 1240. The second kappa shape index (κ2) is 8.82. The van der Waals surface area contributed by atoms with E-state index in [1.165, 1.54) is 0 Å².